The molecule has 0 radical (unpaired) electrons. The number of nitrogens with zero attached hydrogens (tertiary/aromatic N) is 2. The molecule has 0 aromatic heterocycles. The van der Waals surface area contributed by atoms with E-state index in [1.807, 2.05) is 4.90 Å². The highest BCUT2D eigenvalue weighted by Gasteiger charge is 2.25. The van der Waals surface area contributed by atoms with Crippen LogP contribution in [0.2, 0.25) is 0 Å². The van der Waals surface area contributed by atoms with Crippen LogP contribution in [0.1, 0.15) is 12.8 Å². The summed E-state index contributed by atoms with van der Waals surface area (Å²) in [4.78, 5) is 14.9. The number of benzene rings is 1. The molecule has 1 aromatic carbocycles. The zero-order valence-electron chi connectivity index (χ0n) is 13.3. The van der Waals surface area contributed by atoms with Gasteiger partial charge in [0.1, 0.15) is 5.82 Å². The van der Waals surface area contributed by atoms with Gasteiger partial charge in [0.05, 0.1) is 18.8 Å². The van der Waals surface area contributed by atoms with Crippen LogP contribution in [0.15, 0.2) is 24.3 Å². The van der Waals surface area contributed by atoms with E-state index in [2.05, 4.69) is 5.32 Å². The van der Waals surface area contributed by atoms with Gasteiger partial charge in [0.25, 0.3) is 6.43 Å². The van der Waals surface area contributed by atoms with Crippen LogP contribution >= 0.6 is 0 Å². The Balaban J connectivity index is 1.96. The van der Waals surface area contributed by atoms with Gasteiger partial charge in [-0.25, -0.2) is 18.0 Å². The zero-order chi connectivity index (χ0) is 17.5. The van der Waals surface area contributed by atoms with Gasteiger partial charge < -0.3 is 20.2 Å². The molecule has 1 aliphatic rings. The lowest BCUT2D eigenvalue weighted by Gasteiger charge is -2.36. The Kier molecular flexibility index (Phi) is 6.72. The quantitative estimate of drug-likeness (QED) is 0.830. The maximum atomic E-state index is 13.9. The summed E-state index contributed by atoms with van der Waals surface area (Å²) in [6.07, 6.45) is -1.21. The van der Waals surface area contributed by atoms with E-state index in [1.165, 1.54) is 6.07 Å². The molecule has 5 nitrogen and oxygen atoms in total. The first-order chi connectivity index (χ1) is 11.5. The molecule has 2 amide bonds. The second-order valence-electron chi connectivity index (χ2n) is 5.75. The Bertz CT molecular complexity index is 545. The Labute approximate surface area is 139 Å². The topological polar surface area (TPSA) is 55.8 Å². The van der Waals surface area contributed by atoms with Crippen molar-refractivity contribution in [2.24, 2.45) is 0 Å². The van der Waals surface area contributed by atoms with Crippen molar-refractivity contribution in [1.82, 2.24) is 10.2 Å². The summed E-state index contributed by atoms with van der Waals surface area (Å²) in [5, 5.41) is 11.6. The Morgan fingerprint density at radius 2 is 2.17 bits per heavy atom. The summed E-state index contributed by atoms with van der Waals surface area (Å²) >= 11 is 0. The molecule has 134 valence electrons. The molecule has 1 heterocycles. The third kappa shape index (κ3) is 5.02. The van der Waals surface area contributed by atoms with Crippen LogP contribution in [0.3, 0.4) is 0 Å². The van der Waals surface area contributed by atoms with Crippen LogP contribution in [-0.4, -0.2) is 61.3 Å². The van der Waals surface area contributed by atoms with Gasteiger partial charge in [-0.15, -0.1) is 0 Å². The number of rotatable bonds is 6. The van der Waals surface area contributed by atoms with Crippen LogP contribution in [-0.2, 0) is 0 Å². The van der Waals surface area contributed by atoms with Gasteiger partial charge in [0, 0.05) is 25.7 Å². The molecule has 0 saturated carbocycles. The summed E-state index contributed by atoms with van der Waals surface area (Å²) in [5.74, 6) is -0.330. The monoisotopic (exact) mass is 345 g/mol. The standard InChI is InChI=1S/C16H22F3N3O2/c17-13-5-1-2-6-14(13)21-7-3-4-12(10-21)20-16(24)22(8-9-23)11-15(18)19/h1-2,5-6,12,15,23H,3-4,7-11H2,(H,20,24). The van der Waals surface area contributed by atoms with Crippen molar-refractivity contribution in [2.75, 3.05) is 37.7 Å². The molecule has 1 fully saturated rings. The highest BCUT2D eigenvalue weighted by atomic mass is 19.3. The molecule has 1 unspecified atom stereocenters. The number of para-hydroxylation sites is 1. The van der Waals surface area contributed by atoms with E-state index < -0.39 is 19.0 Å². The Morgan fingerprint density at radius 3 is 2.83 bits per heavy atom. The summed E-state index contributed by atoms with van der Waals surface area (Å²) in [7, 11) is 0. The van der Waals surface area contributed by atoms with Crippen LogP contribution in [0.25, 0.3) is 0 Å². The van der Waals surface area contributed by atoms with E-state index in [1.54, 1.807) is 18.2 Å². The number of anilines is 1. The van der Waals surface area contributed by atoms with Crippen molar-refractivity contribution in [3.05, 3.63) is 30.1 Å². The van der Waals surface area contributed by atoms with Gasteiger partial charge in [-0.1, -0.05) is 12.1 Å². The minimum Gasteiger partial charge on any atom is -0.395 e. The summed E-state index contributed by atoms with van der Waals surface area (Å²) in [6.45, 7) is -0.179. The minimum atomic E-state index is -2.66. The van der Waals surface area contributed by atoms with E-state index in [-0.39, 0.29) is 25.0 Å². The van der Waals surface area contributed by atoms with Crippen LogP contribution in [0.4, 0.5) is 23.7 Å². The SMILES string of the molecule is O=C(NC1CCCN(c2ccccc2F)C1)N(CCO)CC(F)F. The van der Waals surface area contributed by atoms with Gasteiger partial charge >= 0.3 is 6.03 Å². The van der Waals surface area contributed by atoms with Crippen molar-refractivity contribution < 1.29 is 23.1 Å². The highest BCUT2D eigenvalue weighted by Crippen LogP contribution is 2.23. The number of amides is 2. The summed E-state index contributed by atoms with van der Waals surface area (Å²) < 4.78 is 38.9. The molecule has 1 saturated heterocycles. The number of carbonyl (C=O) groups excluding carboxylic acids is 1. The smallest absolute Gasteiger partial charge is 0.317 e. The lowest BCUT2D eigenvalue weighted by atomic mass is 10.0. The highest BCUT2D eigenvalue weighted by molar-refractivity contribution is 5.74. The van der Waals surface area contributed by atoms with Crippen molar-refractivity contribution in [3.63, 3.8) is 0 Å². The lowest BCUT2D eigenvalue weighted by molar-refractivity contribution is 0.0891. The van der Waals surface area contributed by atoms with E-state index in [9.17, 15) is 18.0 Å². The molecular weight excluding hydrogens is 323 g/mol. The number of hydrogen-bond acceptors (Lipinski definition) is 3. The molecule has 1 aromatic rings. The maximum Gasteiger partial charge on any atom is 0.317 e. The zero-order valence-corrected chi connectivity index (χ0v) is 13.3. The first kappa shape index (κ1) is 18.4. The Morgan fingerprint density at radius 1 is 1.42 bits per heavy atom. The summed E-state index contributed by atoms with van der Waals surface area (Å²) in [6, 6.07) is 5.51. The molecule has 1 aliphatic heterocycles. The van der Waals surface area contributed by atoms with E-state index in [0.29, 0.717) is 25.2 Å². The predicted molar refractivity (Wildman–Crippen MR) is 84.8 cm³/mol. The average Bonchev–Trinajstić information content (AvgIpc) is 2.54. The van der Waals surface area contributed by atoms with E-state index in [4.69, 9.17) is 5.11 Å². The largest absolute Gasteiger partial charge is 0.395 e. The number of hydrogen-bond donors (Lipinski definition) is 2. The molecule has 24 heavy (non-hydrogen) atoms. The second kappa shape index (κ2) is 8.77. The van der Waals surface area contributed by atoms with Gasteiger partial charge in [-0.3, -0.25) is 0 Å². The first-order valence-electron chi connectivity index (χ1n) is 7.95. The van der Waals surface area contributed by atoms with Crippen molar-refractivity contribution >= 4 is 11.7 Å². The van der Waals surface area contributed by atoms with E-state index >= 15 is 0 Å². The van der Waals surface area contributed by atoms with Crippen LogP contribution < -0.4 is 10.2 Å². The maximum absolute atomic E-state index is 13.9. The number of piperidine rings is 1. The number of aliphatic hydroxyl groups excluding tert-OH is 1. The molecule has 2 rings (SSSR count). The number of urea groups is 1. The van der Waals surface area contributed by atoms with Crippen molar-refractivity contribution in [1.29, 1.82) is 0 Å². The number of nitrogens with one attached hydrogen (secondary N) is 1. The number of aliphatic hydroxyl groups is 1. The molecule has 0 aliphatic carbocycles. The van der Waals surface area contributed by atoms with Gasteiger partial charge in [-0.05, 0) is 25.0 Å². The fourth-order valence-corrected chi connectivity index (χ4v) is 2.85. The van der Waals surface area contributed by atoms with Crippen molar-refractivity contribution in [3.8, 4) is 0 Å². The molecular formula is C16H22F3N3O2. The molecule has 2 N–H and O–H groups in total. The molecule has 1 atom stereocenters. The van der Waals surface area contributed by atoms with Crippen molar-refractivity contribution in [2.45, 2.75) is 25.3 Å². The third-order valence-electron chi connectivity index (χ3n) is 3.96. The fraction of sp³-hybridized carbons (Fsp3) is 0.562. The van der Waals surface area contributed by atoms with E-state index in [0.717, 1.165) is 11.3 Å². The normalized spacial score (nSPS) is 17.9. The van der Waals surface area contributed by atoms with Gasteiger partial charge in [0.15, 0.2) is 0 Å². The predicted octanol–water partition coefficient (Wildman–Crippen LogP) is 2.06. The lowest BCUT2D eigenvalue weighted by Crippen LogP contribution is -2.53. The number of halogens is 3. The average molecular weight is 345 g/mol. The fourth-order valence-electron chi connectivity index (χ4n) is 2.85. The minimum absolute atomic E-state index is 0.153. The first-order valence-corrected chi connectivity index (χ1v) is 7.95. The third-order valence-corrected chi connectivity index (χ3v) is 3.96. The summed E-state index contributed by atoms with van der Waals surface area (Å²) in [5.41, 5.74) is 0.469. The van der Waals surface area contributed by atoms with Gasteiger partial charge in [0.2, 0.25) is 0 Å². The van der Waals surface area contributed by atoms with Crippen LogP contribution in [0.5, 0.6) is 0 Å². The molecule has 8 heteroatoms. The number of alkyl halides is 2. The molecule has 0 spiro atoms. The Hall–Kier alpha value is -1.96. The van der Waals surface area contributed by atoms with Crippen LogP contribution in [0, 0.1) is 5.82 Å². The second-order valence-corrected chi connectivity index (χ2v) is 5.75. The number of carbonyl (C=O) groups is 1. The molecule has 0 bridgehead atoms. The van der Waals surface area contributed by atoms with Gasteiger partial charge in [-0.2, -0.15) is 0 Å².